The van der Waals surface area contributed by atoms with Gasteiger partial charge in [-0.05, 0) is 18.2 Å². The molecule has 33 heavy (non-hydrogen) atoms. The number of hydrogen-bond acceptors (Lipinski definition) is 14. The molecule has 0 radical (unpaired) electrons. The third-order valence-corrected chi connectivity index (χ3v) is 5.66. The molecule has 0 spiro atoms. The fourth-order valence-corrected chi connectivity index (χ4v) is 3.87. The molecule has 0 unspecified atom stereocenters. The molecule has 2 heterocycles. The van der Waals surface area contributed by atoms with Crippen LogP contribution >= 0.6 is 23.6 Å². The smallest absolute Gasteiger partial charge is 0.744 e. The third-order valence-electron chi connectivity index (χ3n) is 3.75. The summed E-state index contributed by atoms with van der Waals surface area (Å²) < 4.78 is 44.0. The van der Waals surface area contributed by atoms with Crippen molar-refractivity contribution in [3.05, 3.63) is 30.2 Å². The number of aromatic nitrogens is 4. The van der Waals surface area contributed by atoms with E-state index in [0.717, 1.165) is 23.7 Å². The topological polar surface area (TPSA) is 193 Å². The van der Waals surface area contributed by atoms with Crippen molar-refractivity contribution in [1.82, 2.24) is 19.1 Å². The Labute approximate surface area is 241 Å². The number of nitrogens with zero attached hydrogens (tertiary/aromatic N) is 6. The molecule has 0 aliphatic heterocycles. The van der Waals surface area contributed by atoms with Gasteiger partial charge < -0.3 is 15.5 Å². The Bertz CT molecular complexity index is 1210. The van der Waals surface area contributed by atoms with Crippen LogP contribution in [0.1, 0.15) is 26.5 Å². The van der Waals surface area contributed by atoms with Gasteiger partial charge in [0.1, 0.15) is 16.4 Å². The van der Waals surface area contributed by atoms with Crippen LogP contribution in [0.25, 0.3) is 5.69 Å². The van der Waals surface area contributed by atoms with E-state index in [4.69, 9.17) is 5.73 Å². The maximum absolute atomic E-state index is 11.6. The van der Waals surface area contributed by atoms with E-state index in [0.29, 0.717) is 22.9 Å². The Hall–Kier alpha value is -0.470. The maximum atomic E-state index is 11.6. The van der Waals surface area contributed by atoms with Gasteiger partial charge in [0.15, 0.2) is 11.5 Å². The number of nitrogens with two attached hydrogens (primary N) is 1. The second kappa shape index (κ2) is 12.5. The van der Waals surface area contributed by atoms with Gasteiger partial charge in [0, 0.05) is 21.8 Å². The van der Waals surface area contributed by atoms with E-state index in [1.807, 2.05) is 20.8 Å². The summed E-state index contributed by atoms with van der Waals surface area (Å²) in [6.45, 7) is 5.63. The first-order valence-electron chi connectivity index (χ1n) is 8.32. The number of hydrogen-bond donors (Lipinski definition) is 1. The van der Waals surface area contributed by atoms with Gasteiger partial charge in [-0.25, -0.2) is 18.1 Å². The molecule has 18 heteroatoms. The van der Waals surface area contributed by atoms with Crippen LogP contribution in [0, 0.1) is 0 Å². The molecule has 13 nitrogen and oxygen atoms in total. The summed E-state index contributed by atoms with van der Waals surface area (Å²) in [4.78, 5) is 3.43. The number of anilines is 1. The minimum absolute atomic E-state index is 0. The molecule has 0 saturated heterocycles. The standard InChI is InChI=1S/C15H17N7O6S3.2Na/c1-15(2,3)12-11(19-20-14-17-7-18-29-14)13(16)22(21-12)8-4-9(30-28-27-23)6-10(5-8)31(24,25)26;;/h4-7,23H,16H2,1-3H3,(H,24,25,26);;/q;2*+1/p-2. The summed E-state index contributed by atoms with van der Waals surface area (Å²) in [5.41, 5.74) is 6.56. The second-order valence-corrected chi connectivity index (χ2v) is 9.92. The average molecular weight is 532 g/mol. The molecular formula is C15H15N7Na2O6S3. The van der Waals surface area contributed by atoms with Crippen LogP contribution < -0.4 is 70.1 Å². The third kappa shape index (κ3) is 7.76. The van der Waals surface area contributed by atoms with Crippen LogP contribution in [0.15, 0.2) is 44.5 Å². The van der Waals surface area contributed by atoms with Crippen LogP contribution in [0.5, 0.6) is 0 Å². The zero-order valence-corrected chi connectivity index (χ0v) is 24.7. The van der Waals surface area contributed by atoms with Crippen molar-refractivity contribution >= 4 is 50.3 Å². The summed E-state index contributed by atoms with van der Waals surface area (Å²) in [5, 5.41) is 26.3. The molecule has 0 aliphatic carbocycles. The predicted octanol–water partition coefficient (Wildman–Crippen LogP) is -3.84. The van der Waals surface area contributed by atoms with Crippen molar-refractivity contribution < 1.29 is 86.7 Å². The minimum Gasteiger partial charge on any atom is -0.744 e. The zero-order chi connectivity index (χ0) is 22.8. The summed E-state index contributed by atoms with van der Waals surface area (Å²) >= 11 is 1.45. The molecule has 2 aromatic heterocycles. The van der Waals surface area contributed by atoms with E-state index >= 15 is 0 Å². The molecule has 0 bridgehead atoms. The molecule has 0 atom stereocenters. The first-order valence-corrected chi connectivity index (χ1v) is 11.2. The molecule has 2 N–H and O–H groups in total. The van der Waals surface area contributed by atoms with Crippen molar-refractivity contribution in [3.63, 3.8) is 0 Å². The van der Waals surface area contributed by atoms with E-state index in [2.05, 4.69) is 34.1 Å². The van der Waals surface area contributed by atoms with Crippen molar-refractivity contribution in [1.29, 1.82) is 0 Å². The van der Waals surface area contributed by atoms with E-state index in [1.54, 1.807) is 0 Å². The van der Waals surface area contributed by atoms with Crippen LogP contribution in [0.4, 0.5) is 16.6 Å². The van der Waals surface area contributed by atoms with Crippen molar-refractivity contribution in [2.24, 2.45) is 10.2 Å². The summed E-state index contributed by atoms with van der Waals surface area (Å²) in [5.74, 6) is 0.0376. The summed E-state index contributed by atoms with van der Waals surface area (Å²) in [6.07, 6.45) is 1.33. The Kier molecular flexibility index (Phi) is 11.6. The Morgan fingerprint density at radius 3 is 2.45 bits per heavy atom. The Balaban J connectivity index is 0.00000272. The first kappa shape index (κ1) is 30.6. The maximum Gasteiger partial charge on any atom is 1.00 e. The largest absolute Gasteiger partial charge is 1.00 e. The summed E-state index contributed by atoms with van der Waals surface area (Å²) in [7, 11) is -4.84. The van der Waals surface area contributed by atoms with E-state index < -0.39 is 20.4 Å². The molecule has 0 amide bonds. The fourth-order valence-electron chi connectivity index (χ4n) is 2.45. The molecule has 3 aromatic rings. The van der Waals surface area contributed by atoms with Gasteiger partial charge in [-0.3, -0.25) is 5.04 Å². The van der Waals surface area contributed by atoms with Crippen molar-refractivity contribution in [3.8, 4) is 5.69 Å². The molecule has 0 fully saturated rings. The minimum atomic E-state index is -4.84. The SMILES string of the molecule is CC(C)(C)c1nn(-c2cc(SOO[O-])cc(S(=O)(=O)[O-])c2)c(N)c1N=Nc1ncns1.[Na+].[Na+]. The monoisotopic (exact) mass is 531 g/mol. The zero-order valence-electron chi connectivity index (χ0n) is 18.2. The average Bonchev–Trinajstić information content (AvgIpc) is 3.31. The van der Waals surface area contributed by atoms with E-state index in [-0.39, 0.29) is 81.2 Å². The first-order chi connectivity index (χ1) is 14.5. The van der Waals surface area contributed by atoms with Gasteiger partial charge in [0.05, 0.1) is 28.3 Å². The quantitative estimate of drug-likeness (QED) is 0.0784. The fraction of sp³-hybridized carbons (Fsp3) is 0.267. The molecule has 166 valence electrons. The Morgan fingerprint density at radius 2 is 1.91 bits per heavy atom. The number of rotatable bonds is 7. The van der Waals surface area contributed by atoms with Gasteiger partial charge in [0.25, 0.3) is 0 Å². The number of azo groups is 1. The van der Waals surface area contributed by atoms with Crippen LogP contribution in [-0.2, 0) is 24.9 Å². The van der Waals surface area contributed by atoms with Gasteiger partial charge >= 0.3 is 59.1 Å². The van der Waals surface area contributed by atoms with E-state index in [9.17, 15) is 18.2 Å². The van der Waals surface area contributed by atoms with Crippen LogP contribution in [0.3, 0.4) is 0 Å². The van der Waals surface area contributed by atoms with Crippen molar-refractivity contribution in [2.45, 2.75) is 36.0 Å². The summed E-state index contributed by atoms with van der Waals surface area (Å²) in [6, 6.07) is 3.52. The Morgan fingerprint density at radius 1 is 1.21 bits per heavy atom. The molecule has 1 aromatic carbocycles. The predicted molar refractivity (Wildman–Crippen MR) is 107 cm³/mol. The molecular weight excluding hydrogens is 516 g/mol. The van der Waals surface area contributed by atoms with E-state index in [1.165, 1.54) is 17.1 Å². The van der Waals surface area contributed by atoms with Crippen molar-refractivity contribution in [2.75, 3.05) is 5.73 Å². The molecule has 3 rings (SSSR count). The van der Waals surface area contributed by atoms with Crippen LogP contribution in [0.2, 0.25) is 0 Å². The van der Waals surface area contributed by atoms with Gasteiger partial charge in [-0.15, -0.1) is 10.2 Å². The number of nitrogen functional groups attached to an aromatic ring is 1. The van der Waals surface area contributed by atoms with Gasteiger partial charge in [-0.2, -0.15) is 13.8 Å². The normalized spacial score (nSPS) is 11.9. The van der Waals surface area contributed by atoms with Crippen LogP contribution in [-0.4, -0.2) is 32.1 Å². The number of benzene rings is 1. The second-order valence-electron chi connectivity index (χ2n) is 7.00. The molecule has 0 aliphatic rings. The molecule has 0 saturated carbocycles. The van der Waals surface area contributed by atoms with Gasteiger partial charge in [0.2, 0.25) is 5.13 Å². The van der Waals surface area contributed by atoms with Gasteiger partial charge in [-0.1, -0.05) is 20.8 Å².